The molecule has 0 unspecified atom stereocenters. The second-order valence-electron chi connectivity index (χ2n) is 5.09. The summed E-state index contributed by atoms with van der Waals surface area (Å²) in [6.07, 6.45) is 0.795. The van der Waals surface area contributed by atoms with Crippen LogP contribution < -0.4 is 5.32 Å². The van der Waals surface area contributed by atoms with E-state index in [9.17, 15) is 9.59 Å². The van der Waals surface area contributed by atoms with Gasteiger partial charge in [-0.1, -0.05) is 44.0 Å². The Bertz CT molecular complexity index is 518. The van der Waals surface area contributed by atoms with Gasteiger partial charge in [0.05, 0.1) is 17.3 Å². The Kier molecular flexibility index (Phi) is 6.99. The maximum atomic E-state index is 12.1. The van der Waals surface area contributed by atoms with Crippen LogP contribution in [0.3, 0.4) is 0 Å². The molecule has 0 aliphatic rings. The number of carbonyl (C=O) groups excluding carboxylic acids is 2. The van der Waals surface area contributed by atoms with Crippen LogP contribution in [0.4, 0.5) is 5.69 Å². The van der Waals surface area contributed by atoms with Gasteiger partial charge in [-0.2, -0.15) is 0 Å². The van der Waals surface area contributed by atoms with E-state index in [0.717, 1.165) is 6.42 Å². The number of anilines is 1. The number of nitrogens with one attached hydrogen (secondary N) is 1. The summed E-state index contributed by atoms with van der Waals surface area (Å²) in [5, 5.41) is 3.58. The van der Waals surface area contributed by atoms with Gasteiger partial charge in [-0.25, -0.2) is 0 Å². The van der Waals surface area contributed by atoms with Gasteiger partial charge in [-0.15, -0.1) is 0 Å². The summed E-state index contributed by atoms with van der Waals surface area (Å²) in [5.74, 6) is -0.468. The highest BCUT2D eigenvalue weighted by Crippen LogP contribution is 2.25. The van der Waals surface area contributed by atoms with Gasteiger partial charge < -0.3 is 10.2 Å². The molecule has 0 bridgehead atoms. The molecule has 1 N–H and O–H groups in total. The molecule has 6 heteroatoms. The number of rotatable bonds is 6. The fourth-order valence-corrected chi connectivity index (χ4v) is 2.20. The average Bonchev–Trinajstić information content (AvgIpc) is 2.41. The van der Waals surface area contributed by atoms with E-state index >= 15 is 0 Å². The lowest BCUT2D eigenvalue weighted by atomic mass is 10.2. The average molecular weight is 331 g/mol. The molecule has 0 spiro atoms. The van der Waals surface area contributed by atoms with Crippen molar-refractivity contribution >= 4 is 40.7 Å². The highest BCUT2D eigenvalue weighted by molar-refractivity contribution is 6.35. The van der Waals surface area contributed by atoms with E-state index in [1.807, 2.05) is 20.8 Å². The number of nitrogens with zero attached hydrogens (tertiary/aromatic N) is 1. The summed E-state index contributed by atoms with van der Waals surface area (Å²) >= 11 is 11.9. The minimum atomic E-state index is -0.290. The van der Waals surface area contributed by atoms with Crippen molar-refractivity contribution in [2.24, 2.45) is 5.92 Å². The lowest BCUT2D eigenvalue weighted by molar-refractivity contribution is -0.137. The van der Waals surface area contributed by atoms with E-state index < -0.39 is 0 Å². The first-order valence-electron chi connectivity index (χ1n) is 6.88. The molecule has 0 aliphatic carbocycles. The quantitative estimate of drug-likeness (QED) is 0.861. The number of carbonyl (C=O) groups is 2. The molecule has 0 aliphatic heterocycles. The SMILES string of the molecule is CCCN(CC(=O)Nc1cc(Cl)ccc1Cl)C(=O)C(C)C. The molecule has 1 aromatic carbocycles. The van der Waals surface area contributed by atoms with Gasteiger partial charge in [0.15, 0.2) is 0 Å². The predicted molar refractivity (Wildman–Crippen MR) is 86.8 cm³/mol. The maximum Gasteiger partial charge on any atom is 0.244 e. The van der Waals surface area contributed by atoms with E-state index in [2.05, 4.69) is 5.32 Å². The zero-order valence-corrected chi connectivity index (χ0v) is 14.0. The van der Waals surface area contributed by atoms with Crippen molar-refractivity contribution in [2.75, 3.05) is 18.4 Å². The van der Waals surface area contributed by atoms with Crippen LogP contribution in [0.2, 0.25) is 10.0 Å². The van der Waals surface area contributed by atoms with Crippen LogP contribution in [0.5, 0.6) is 0 Å². The van der Waals surface area contributed by atoms with Crippen LogP contribution in [-0.4, -0.2) is 29.8 Å². The van der Waals surface area contributed by atoms with Crippen molar-refractivity contribution in [1.29, 1.82) is 0 Å². The Morgan fingerprint density at radius 2 is 1.95 bits per heavy atom. The highest BCUT2D eigenvalue weighted by atomic mass is 35.5. The standard InChI is InChI=1S/C15H20Cl2N2O2/c1-4-7-19(15(21)10(2)3)9-14(20)18-13-8-11(16)5-6-12(13)17/h5-6,8,10H,4,7,9H2,1-3H3,(H,18,20). The summed E-state index contributed by atoms with van der Waals surface area (Å²) in [6, 6.07) is 4.84. The smallest absolute Gasteiger partial charge is 0.244 e. The lowest BCUT2D eigenvalue weighted by Crippen LogP contribution is -2.40. The molecule has 4 nitrogen and oxygen atoms in total. The van der Waals surface area contributed by atoms with Gasteiger partial charge in [0.25, 0.3) is 0 Å². The largest absolute Gasteiger partial charge is 0.333 e. The maximum absolute atomic E-state index is 12.1. The Morgan fingerprint density at radius 3 is 2.52 bits per heavy atom. The summed E-state index contributed by atoms with van der Waals surface area (Å²) in [4.78, 5) is 25.7. The second kappa shape index (κ2) is 8.25. The second-order valence-corrected chi connectivity index (χ2v) is 5.93. The third kappa shape index (κ3) is 5.56. The molecule has 2 amide bonds. The minimum absolute atomic E-state index is 0.00763. The molecule has 0 radical (unpaired) electrons. The van der Waals surface area contributed by atoms with Crippen molar-refractivity contribution in [2.45, 2.75) is 27.2 Å². The molecule has 1 aromatic rings. The van der Waals surface area contributed by atoms with Crippen LogP contribution in [0, 0.1) is 5.92 Å². The van der Waals surface area contributed by atoms with Crippen LogP contribution in [0.25, 0.3) is 0 Å². The van der Waals surface area contributed by atoms with Gasteiger partial charge in [-0.3, -0.25) is 9.59 Å². The molecule has 1 rings (SSSR count). The molecular formula is C15H20Cl2N2O2. The number of amides is 2. The normalized spacial score (nSPS) is 10.6. The van der Waals surface area contributed by atoms with Crippen LogP contribution in [0.15, 0.2) is 18.2 Å². The Hall–Kier alpha value is -1.26. The minimum Gasteiger partial charge on any atom is -0.333 e. The van der Waals surface area contributed by atoms with E-state index in [0.29, 0.717) is 22.3 Å². The highest BCUT2D eigenvalue weighted by Gasteiger charge is 2.19. The molecule has 0 aromatic heterocycles. The van der Waals surface area contributed by atoms with Gasteiger partial charge >= 0.3 is 0 Å². The molecular weight excluding hydrogens is 311 g/mol. The molecule has 0 heterocycles. The zero-order valence-electron chi connectivity index (χ0n) is 12.5. The van der Waals surface area contributed by atoms with Crippen LogP contribution in [-0.2, 0) is 9.59 Å². The number of benzene rings is 1. The molecule has 0 saturated carbocycles. The number of hydrogen-bond acceptors (Lipinski definition) is 2. The van der Waals surface area contributed by atoms with E-state index in [1.54, 1.807) is 23.1 Å². The summed E-state index contributed by atoms with van der Waals surface area (Å²) in [7, 11) is 0. The fourth-order valence-electron chi connectivity index (χ4n) is 1.86. The van der Waals surface area contributed by atoms with E-state index in [1.165, 1.54) is 0 Å². The third-order valence-corrected chi connectivity index (χ3v) is 3.40. The Labute approximate surface area is 135 Å². The van der Waals surface area contributed by atoms with Crippen molar-refractivity contribution in [3.8, 4) is 0 Å². The number of hydrogen-bond donors (Lipinski definition) is 1. The summed E-state index contributed by atoms with van der Waals surface area (Å²) < 4.78 is 0. The van der Waals surface area contributed by atoms with Gasteiger partial charge in [-0.05, 0) is 24.6 Å². The first kappa shape index (κ1) is 17.8. The van der Waals surface area contributed by atoms with E-state index in [-0.39, 0.29) is 24.3 Å². The van der Waals surface area contributed by atoms with Crippen LogP contribution in [0.1, 0.15) is 27.2 Å². The van der Waals surface area contributed by atoms with Crippen molar-refractivity contribution < 1.29 is 9.59 Å². The van der Waals surface area contributed by atoms with Gasteiger partial charge in [0.1, 0.15) is 0 Å². The Balaban J connectivity index is 2.74. The molecule has 0 atom stereocenters. The molecule has 21 heavy (non-hydrogen) atoms. The Morgan fingerprint density at radius 1 is 1.29 bits per heavy atom. The summed E-state index contributed by atoms with van der Waals surface area (Å²) in [5.41, 5.74) is 0.447. The zero-order chi connectivity index (χ0) is 16.0. The monoisotopic (exact) mass is 330 g/mol. The molecule has 0 fully saturated rings. The molecule has 116 valence electrons. The number of halogens is 2. The van der Waals surface area contributed by atoms with Gasteiger partial charge in [0.2, 0.25) is 11.8 Å². The first-order chi connectivity index (χ1) is 9.85. The fraction of sp³-hybridized carbons (Fsp3) is 0.467. The van der Waals surface area contributed by atoms with Crippen molar-refractivity contribution in [1.82, 2.24) is 4.90 Å². The lowest BCUT2D eigenvalue weighted by Gasteiger charge is -2.23. The van der Waals surface area contributed by atoms with Gasteiger partial charge in [0, 0.05) is 17.5 Å². The molecule has 0 saturated heterocycles. The predicted octanol–water partition coefficient (Wildman–Crippen LogP) is 3.83. The van der Waals surface area contributed by atoms with Crippen LogP contribution >= 0.6 is 23.2 Å². The van der Waals surface area contributed by atoms with E-state index in [4.69, 9.17) is 23.2 Å². The third-order valence-electron chi connectivity index (χ3n) is 2.84. The summed E-state index contributed by atoms with van der Waals surface area (Å²) in [6.45, 7) is 6.15. The van der Waals surface area contributed by atoms with Crippen molar-refractivity contribution in [3.05, 3.63) is 28.2 Å². The first-order valence-corrected chi connectivity index (χ1v) is 7.64. The topological polar surface area (TPSA) is 49.4 Å². The van der Waals surface area contributed by atoms with Crippen molar-refractivity contribution in [3.63, 3.8) is 0 Å².